The third-order valence-electron chi connectivity index (χ3n) is 5.47. The van der Waals surface area contributed by atoms with E-state index in [0.717, 1.165) is 74.7 Å². The number of halogens is 2. The Hall–Kier alpha value is -1.33. The molecular formula is C21H31ClIN7S. The van der Waals surface area contributed by atoms with Gasteiger partial charge in [0.2, 0.25) is 0 Å². The predicted octanol–water partition coefficient (Wildman–Crippen LogP) is 3.79. The van der Waals surface area contributed by atoms with Gasteiger partial charge in [-0.1, -0.05) is 11.6 Å². The summed E-state index contributed by atoms with van der Waals surface area (Å²) in [6.07, 6.45) is 6.25. The first-order valence-corrected chi connectivity index (χ1v) is 12.1. The summed E-state index contributed by atoms with van der Waals surface area (Å²) < 4.78 is 0. The number of nitrogens with one attached hydrogen (secondary N) is 2. The maximum absolute atomic E-state index is 6.31. The van der Waals surface area contributed by atoms with Gasteiger partial charge in [-0.25, -0.2) is 9.97 Å². The zero-order chi connectivity index (χ0) is 20.8. The number of rotatable bonds is 7. The highest BCUT2D eigenvalue weighted by Crippen LogP contribution is 2.26. The maximum Gasteiger partial charge on any atom is 0.191 e. The SMILES string of the molecule is CCNC(=NCCc1csc(N2CCCC2)n1)NC1CCN(c2ncccc2Cl)C1.I. The van der Waals surface area contributed by atoms with Crippen LogP contribution >= 0.6 is 46.9 Å². The van der Waals surface area contributed by atoms with E-state index in [-0.39, 0.29) is 24.0 Å². The highest BCUT2D eigenvalue weighted by atomic mass is 127. The minimum atomic E-state index is 0. The third kappa shape index (κ3) is 6.58. The fourth-order valence-corrected chi connectivity index (χ4v) is 5.10. The van der Waals surface area contributed by atoms with Crippen molar-refractivity contribution in [3.05, 3.63) is 34.4 Å². The zero-order valence-corrected chi connectivity index (χ0v) is 21.8. The van der Waals surface area contributed by atoms with Crippen LogP contribution in [0.25, 0.3) is 0 Å². The van der Waals surface area contributed by atoms with E-state index < -0.39 is 0 Å². The van der Waals surface area contributed by atoms with E-state index in [1.54, 1.807) is 17.5 Å². The van der Waals surface area contributed by atoms with Crippen LogP contribution in [0.5, 0.6) is 0 Å². The Bertz CT molecular complexity index is 856. The molecule has 0 aliphatic carbocycles. The Kier molecular flexibility index (Phi) is 9.46. The number of hydrogen-bond donors (Lipinski definition) is 2. The van der Waals surface area contributed by atoms with Crippen molar-refractivity contribution in [2.24, 2.45) is 4.99 Å². The summed E-state index contributed by atoms with van der Waals surface area (Å²) in [5, 5.41) is 11.0. The van der Waals surface area contributed by atoms with Gasteiger partial charge in [-0.2, -0.15) is 0 Å². The molecular weight excluding hydrogens is 545 g/mol. The number of pyridine rings is 1. The number of guanidine groups is 1. The van der Waals surface area contributed by atoms with Gasteiger partial charge in [-0.3, -0.25) is 4.99 Å². The highest BCUT2D eigenvalue weighted by Gasteiger charge is 2.25. The first-order valence-electron chi connectivity index (χ1n) is 10.8. The third-order valence-corrected chi connectivity index (χ3v) is 6.71. The van der Waals surface area contributed by atoms with Crippen LogP contribution in [0, 0.1) is 0 Å². The Labute approximate surface area is 210 Å². The summed E-state index contributed by atoms with van der Waals surface area (Å²) in [6.45, 7) is 7.74. The van der Waals surface area contributed by atoms with E-state index in [2.05, 4.69) is 37.7 Å². The van der Waals surface area contributed by atoms with Crippen molar-refractivity contribution in [1.82, 2.24) is 20.6 Å². The molecule has 4 rings (SSSR count). The Morgan fingerprint density at radius 2 is 2.13 bits per heavy atom. The molecule has 1 atom stereocenters. The molecule has 2 N–H and O–H groups in total. The molecule has 4 heterocycles. The maximum atomic E-state index is 6.31. The smallest absolute Gasteiger partial charge is 0.191 e. The fourth-order valence-electron chi connectivity index (χ4n) is 3.94. The Balaban J connectivity index is 0.00000272. The minimum Gasteiger partial charge on any atom is -0.357 e. The average molecular weight is 576 g/mol. The lowest BCUT2D eigenvalue weighted by molar-refractivity contribution is 0.648. The van der Waals surface area contributed by atoms with Crippen LogP contribution in [-0.4, -0.2) is 61.2 Å². The van der Waals surface area contributed by atoms with E-state index in [1.165, 1.54) is 12.8 Å². The van der Waals surface area contributed by atoms with Gasteiger partial charge in [0.05, 0.1) is 10.7 Å². The van der Waals surface area contributed by atoms with E-state index in [4.69, 9.17) is 21.6 Å². The quantitative estimate of drug-likeness (QED) is 0.298. The molecule has 1 unspecified atom stereocenters. The van der Waals surface area contributed by atoms with Gasteiger partial charge < -0.3 is 20.4 Å². The molecule has 0 saturated carbocycles. The normalized spacial score (nSPS) is 18.9. The molecule has 0 amide bonds. The molecule has 170 valence electrons. The summed E-state index contributed by atoms with van der Waals surface area (Å²) in [6, 6.07) is 4.08. The highest BCUT2D eigenvalue weighted by molar-refractivity contribution is 14.0. The van der Waals surface area contributed by atoms with Crippen LogP contribution in [0.2, 0.25) is 5.02 Å². The van der Waals surface area contributed by atoms with E-state index >= 15 is 0 Å². The molecule has 2 aliphatic heterocycles. The lowest BCUT2D eigenvalue weighted by atomic mass is 10.3. The summed E-state index contributed by atoms with van der Waals surface area (Å²) >= 11 is 8.06. The van der Waals surface area contributed by atoms with Gasteiger partial charge in [0.15, 0.2) is 11.1 Å². The van der Waals surface area contributed by atoms with Crippen molar-refractivity contribution in [2.45, 2.75) is 38.6 Å². The standard InChI is InChI=1S/C21H30ClN7S.HI/c1-2-23-20(25-10-7-17-15-30-21(27-17)28-11-3-4-12-28)26-16-8-13-29(14-16)19-18(22)6-5-9-24-19;/h5-6,9,15-16H,2-4,7-8,10-14H2,1H3,(H2,23,25,26);1H. The monoisotopic (exact) mass is 575 g/mol. The molecule has 2 aromatic heterocycles. The van der Waals surface area contributed by atoms with Crippen molar-refractivity contribution in [3.8, 4) is 0 Å². The number of anilines is 2. The van der Waals surface area contributed by atoms with Gasteiger partial charge in [-0.05, 0) is 38.3 Å². The molecule has 2 saturated heterocycles. The molecule has 0 radical (unpaired) electrons. The van der Waals surface area contributed by atoms with Crippen LogP contribution < -0.4 is 20.4 Å². The van der Waals surface area contributed by atoms with Crippen molar-refractivity contribution in [3.63, 3.8) is 0 Å². The van der Waals surface area contributed by atoms with E-state index in [1.807, 2.05) is 12.1 Å². The van der Waals surface area contributed by atoms with Crippen LogP contribution in [0.3, 0.4) is 0 Å². The predicted molar refractivity (Wildman–Crippen MR) is 142 cm³/mol. The molecule has 10 heteroatoms. The molecule has 2 fully saturated rings. The van der Waals surface area contributed by atoms with E-state index in [9.17, 15) is 0 Å². The summed E-state index contributed by atoms with van der Waals surface area (Å²) in [5.41, 5.74) is 1.14. The van der Waals surface area contributed by atoms with Gasteiger partial charge >= 0.3 is 0 Å². The molecule has 0 bridgehead atoms. The second-order valence-corrected chi connectivity index (χ2v) is 8.95. The molecule has 0 aromatic carbocycles. The molecule has 7 nitrogen and oxygen atoms in total. The second-order valence-electron chi connectivity index (χ2n) is 7.71. The average Bonchev–Trinajstić information content (AvgIpc) is 3.50. The second kappa shape index (κ2) is 12.1. The number of aromatic nitrogens is 2. The van der Waals surface area contributed by atoms with Crippen LogP contribution in [0.4, 0.5) is 10.9 Å². The Morgan fingerprint density at radius 3 is 2.90 bits per heavy atom. The van der Waals surface area contributed by atoms with Crippen LogP contribution in [-0.2, 0) is 6.42 Å². The number of hydrogen-bond acceptors (Lipinski definition) is 6. The fraction of sp³-hybridized carbons (Fsp3) is 0.571. The van der Waals surface area contributed by atoms with Crippen molar-refractivity contribution >= 4 is 63.8 Å². The van der Waals surface area contributed by atoms with Gasteiger partial charge in [0, 0.05) is 63.3 Å². The number of nitrogens with zero attached hydrogens (tertiary/aromatic N) is 5. The van der Waals surface area contributed by atoms with Gasteiger partial charge in [-0.15, -0.1) is 35.3 Å². The molecule has 31 heavy (non-hydrogen) atoms. The van der Waals surface area contributed by atoms with Gasteiger partial charge in [0.1, 0.15) is 5.82 Å². The van der Waals surface area contributed by atoms with Crippen molar-refractivity contribution < 1.29 is 0 Å². The largest absolute Gasteiger partial charge is 0.357 e. The first-order chi connectivity index (χ1) is 14.7. The molecule has 2 aromatic rings. The summed E-state index contributed by atoms with van der Waals surface area (Å²) in [4.78, 5) is 18.6. The Morgan fingerprint density at radius 1 is 1.29 bits per heavy atom. The summed E-state index contributed by atoms with van der Waals surface area (Å²) in [5.74, 6) is 1.73. The van der Waals surface area contributed by atoms with Crippen molar-refractivity contribution in [1.29, 1.82) is 0 Å². The number of aliphatic imine (C=N–C) groups is 1. The van der Waals surface area contributed by atoms with Gasteiger partial charge in [0.25, 0.3) is 0 Å². The van der Waals surface area contributed by atoms with Crippen LogP contribution in [0.15, 0.2) is 28.7 Å². The van der Waals surface area contributed by atoms with Crippen LogP contribution in [0.1, 0.15) is 31.9 Å². The molecule has 2 aliphatic rings. The topological polar surface area (TPSA) is 68.7 Å². The summed E-state index contributed by atoms with van der Waals surface area (Å²) in [7, 11) is 0. The van der Waals surface area contributed by atoms with Crippen molar-refractivity contribution in [2.75, 3.05) is 49.1 Å². The first kappa shape index (κ1) is 24.3. The molecule has 0 spiro atoms. The van der Waals surface area contributed by atoms with E-state index in [0.29, 0.717) is 11.1 Å². The lowest BCUT2D eigenvalue weighted by Crippen LogP contribution is -2.44. The lowest BCUT2D eigenvalue weighted by Gasteiger charge is -2.20. The number of thiazole rings is 1. The zero-order valence-electron chi connectivity index (χ0n) is 17.9. The minimum absolute atomic E-state index is 0.